The molecule has 1 amide bonds. The third-order valence-electron chi connectivity index (χ3n) is 3.43. The molecule has 6 heteroatoms. The quantitative estimate of drug-likeness (QED) is 0.913. The van der Waals surface area contributed by atoms with Gasteiger partial charge in [0.2, 0.25) is 0 Å². The van der Waals surface area contributed by atoms with E-state index in [0.29, 0.717) is 18.5 Å². The molecule has 0 bridgehead atoms. The predicted molar refractivity (Wildman–Crippen MR) is 76.8 cm³/mol. The zero-order valence-corrected chi connectivity index (χ0v) is 12.9. The molecule has 5 nitrogen and oxygen atoms in total. The van der Waals surface area contributed by atoms with Crippen LogP contribution in [0, 0.1) is 6.92 Å². The second kappa shape index (κ2) is 5.93. The first-order chi connectivity index (χ1) is 9.42. The van der Waals surface area contributed by atoms with Crippen molar-refractivity contribution >= 4 is 27.8 Å². The smallest absolute Gasteiger partial charge is 0.326 e. The number of amides is 1. The summed E-state index contributed by atoms with van der Waals surface area (Å²) in [5.74, 6) is -1.27. The van der Waals surface area contributed by atoms with Gasteiger partial charge < -0.3 is 14.7 Å². The van der Waals surface area contributed by atoms with Crippen molar-refractivity contribution in [3.05, 3.63) is 33.8 Å². The molecule has 0 aromatic heterocycles. The van der Waals surface area contributed by atoms with Crippen molar-refractivity contribution in [1.82, 2.24) is 4.90 Å². The number of hydrogen-bond acceptors (Lipinski definition) is 3. The van der Waals surface area contributed by atoms with Gasteiger partial charge in [0.05, 0.1) is 6.10 Å². The number of carbonyl (C=O) groups excluding carboxylic acids is 1. The average Bonchev–Trinajstić information content (AvgIpc) is 2.81. The molecule has 1 saturated heterocycles. The number of ether oxygens (including phenoxy) is 1. The molecule has 108 valence electrons. The first kappa shape index (κ1) is 15.0. The Balaban J connectivity index is 2.28. The molecule has 2 unspecified atom stereocenters. The van der Waals surface area contributed by atoms with Crippen LogP contribution in [-0.4, -0.2) is 47.7 Å². The lowest BCUT2D eigenvalue weighted by atomic mass is 10.1. The molecule has 1 heterocycles. The summed E-state index contributed by atoms with van der Waals surface area (Å²) in [5.41, 5.74) is 1.43. The lowest BCUT2D eigenvalue weighted by Gasteiger charge is -2.21. The highest BCUT2D eigenvalue weighted by atomic mass is 79.9. The maximum absolute atomic E-state index is 12.5. The van der Waals surface area contributed by atoms with Crippen LogP contribution in [0.5, 0.6) is 0 Å². The summed E-state index contributed by atoms with van der Waals surface area (Å²) in [5, 5.41) is 9.24. The van der Waals surface area contributed by atoms with Crippen LogP contribution in [0.3, 0.4) is 0 Å². The molecular weight excluding hydrogens is 326 g/mol. The number of carboxylic acids is 1. The molecule has 1 aliphatic rings. The minimum Gasteiger partial charge on any atom is -0.480 e. The Morgan fingerprint density at radius 3 is 2.65 bits per heavy atom. The molecule has 0 radical (unpaired) electrons. The normalized spacial score (nSPS) is 22.1. The fourth-order valence-electron chi connectivity index (χ4n) is 2.45. The van der Waals surface area contributed by atoms with Crippen LogP contribution in [0.1, 0.15) is 22.3 Å². The lowest BCUT2D eigenvalue weighted by Crippen LogP contribution is -2.40. The average molecular weight is 342 g/mol. The summed E-state index contributed by atoms with van der Waals surface area (Å²) in [4.78, 5) is 25.2. The molecule has 1 aromatic rings. The Morgan fingerprint density at radius 1 is 1.40 bits per heavy atom. The number of benzene rings is 1. The number of nitrogens with zero attached hydrogens (tertiary/aromatic N) is 1. The summed E-state index contributed by atoms with van der Waals surface area (Å²) >= 11 is 3.35. The third-order valence-corrected chi connectivity index (χ3v) is 3.89. The monoisotopic (exact) mass is 341 g/mol. The van der Waals surface area contributed by atoms with Gasteiger partial charge in [-0.2, -0.15) is 0 Å². The van der Waals surface area contributed by atoms with Crippen LogP contribution in [0.4, 0.5) is 0 Å². The minimum atomic E-state index is -0.996. The highest BCUT2D eigenvalue weighted by Gasteiger charge is 2.40. The summed E-state index contributed by atoms with van der Waals surface area (Å²) in [6.07, 6.45) is 0.0955. The van der Waals surface area contributed by atoms with Crippen molar-refractivity contribution in [3.8, 4) is 0 Å². The van der Waals surface area contributed by atoms with Gasteiger partial charge in [-0.1, -0.05) is 15.9 Å². The number of hydrogen-bond donors (Lipinski definition) is 1. The van der Waals surface area contributed by atoms with E-state index in [1.165, 1.54) is 12.0 Å². The molecule has 1 aromatic carbocycles. The van der Waals surface area contributed by atoms with E-state index in [4.69, 9.17) is 4.74 Å². The molecule has 0 saturated carbocycles. The number of carboxylic acid groups (broad SMARTS) is 1. The number of aliphatic carboxylic acids is 1. The zero-order chi connectivity index (χ0) is 14.9. The van der Waals surface area contributed by atoms with Gasteiger partial charge in [0.1, 0.15) is 6.04 Å². The molecule has 1 aliphatic heterocycles. The van der Waals surface area contributed by atoms with Gasteiger partial charge in [-0.3, -0.25) is 4.79 Å². The van der Waals surface area contributed by atoms with Gasteiger partial charge in [-0.15, -0.1) is 0 Å². The highest BCUT2D eigenvalue weighted by molar-refractivity contribution is 9.10. The first-order valence-electron chi connectivity index (χ1n) is 6.26. The summed E-state index contributed by atoms with van der Waals surface area (Å²) < 4.78 is 5.99. The van der Waals surface area contributed by atoms with Crippen LogP contribution in [0.25, 0.3) is 0 Å². The molecule has 2 atom stereocenters. The fraction of sp³-hybridized carbons (Fsp3) is 0.429. The van der Waals surface area contributed by atoms with Gasteiger partial charge in [0.25, 0.3) is 5.91 Å². The molecule has 0 aliphatic carbocycles. The van der Waals surface area contributed by atoms with Crippen LogP contribution >= 0.6 is 15.9 Å². The van der Waals surface area contributed by atoms with Crippen molar-refractivity contribution < 1.29 is 19.4 Å². The third kappa shape index (κ3) is 3.02. The zero-order valence-electron chi connectivity index (χ0n) is 11.3. The first-order valence-corrected chi connectivity index (χ1v) is 7.05. The molecule has 0 spiro atoms. The molecule has 1 N–H and O–H groups in total. The van der Waals surface area contributed by atoms with E-state index < -0.39 is 12.0 Å². The fourth-order valence-corrected chi connectivity index (χ4v) is 3.06. The lowest BCUT2D eigenvalue weighted by molar-refractivity contribution is -0.141. The van der Waals surface area contributed by atoms with E-state index >= 15 is 0 Å². The Bertz CT molecular complexity index is 526. The van der Waals surface area contributed by atoms with Crippen molar-refractivity contribution in [2.24, 2.45) is 0 Å². The van der Waals surface area contributed by atoms with Crippen molar-refractivity contribution in [2.45, 2.75) is 25.5 Å². The summed E-state index contributed by atoms with van der Waals surface area (Å²) in [6.45, 7) is 2.19. The van der Waals surface area contributed by atoms with Crippen LogP contribution < -0.4 is 0 Å². The number of likely N-dealkylation sites (tertiary alicyclic amines) is 1. The number of halogens is 1. The van der Waals surface area contributed by atoms with E-state index in [-0.39, 0.29) is 12.0 Å². The second-order valence-corrected chi connectivity index (χ2v) is 5.84. The molecule has 20 heavy (non-hydrogen) atoms. The largest absolute Gasteiger partial charge is 0.480 e. The summed E-state index contributed by atoms with van der Waals surface area (Å²) in [7, 11) is 1.53. The Kier molecular flexibility index (Phi) is 4.45. The highest BCUT2D eigenvalue weighted by Crippen LogP contribution is 2.24. The van der Waals surface area contributed by atoms with E-state index in [1.54, 1.807) is 12.1 Å². The van der Waals surface area contributed by atoms with Crippen molar-refractivity contribution in [2.75, 3.05) is 13.7 Å². The Hall–Kier alpha value is -1.40. The predicted octanol–water partition coefficient (Wildman–Crippen LogP) is 2.07. The SMILES string of the molecule is COC1CC(C(=O)O)N(C(=O)c2cc(C)cc(Br)c2)C1. The molecule has 2 rings (SSSR count). The standard InChI is InChI=1S/C14H16BrNO4/c1-8-3-9(5-10(15)4-8)13(17)16-7-11(20-2)6-12(16)14(18)19/h3-5,11-12H,6-7H2,1-2H3,(H,18,19). The van der Waals surface area contributed by atoms with Crippen LogP contribution in [0.15, 0.2) is 22.7 Å². The van der Waals surface area contributed by atoms with Gasteiger partial charge in [-0.25, -0.2) is 4.79 Å². The van der Waals surface area contributed by atoms with Gasteiger partial charge >= 0.3 is 5.97 Å². The molecular formula is C14H16BrNO4. The number of rotatable bonds is 3. The van der Waals surface area contributed by atoms with Crippen molar-refractivity contribution in [1.29, 1.82) is 0 Å². The van der Waals surface area contributed by atoms with Crippen LogP contribution in [-0.2, 0) is 9.53 Å². The number of methoxy groups -OCH3 is 1. The van der Waals surface area contributed by atoms with Crippen LogP contribution in [0.2, 0.25) is 0 Å². The Labute approximate surface area is 125 Å². The van der Waals surface area contributed by atoms with E-state index in [0.717, 1.165) is 10.0 Å². The topological polar surface area (TPSA) is 66.8 Å². The van der Waals surface area contributed by atoms with Crippen molar-refractivity contribution in [3.63, 3.8) is 0 Å². The van der Waals surface area contributed by atoms with Gasteiger partial charge in [0.15, 0.2) is 0 Å². The second-order valence-electron chi connectivity index (χ2n) is 4.92. The molecule has 1 fully saturated rings. The Morgan fingerprint density at radius 2 is 2.10 bits per heavy atom. The number of carbonyl (C=O) groups is 2. The van der Waals surface area contributed by atoms with Gasteiger partial charge in [0, 0.05) is 30.1 Å². The van der Waals surface area contributed by atoms with Gasteiger partial charge in [-0.05, 0) is 30.7 Å². The maximum Gasteiger partial charge on any atom is 0.326 e. The number of aryl methyl sites for hydroxylation is 1. The van der Waals surface area contributed by atoms with E-state index in [1.807, 2.05) is 13.0 Å². The van der Waals surface area contributed by atoms with E-state index in [9.17, 15) is 14.7 Å². The van der Waals surface area contributed by atoms with E-state index in [2.05, 4.69) is 15.9 Å². The minimum absolute atomic E-state index is 0.228. The maximum atomic E-state index is 12.5. The summed E-state index contributed by atoms with van der Waals surface area (Å²) in [6, 6.07) is 4.53.